The Balaban J connectivity index is 1.90. The van der Waals surface area contributed by atoms with Gasteiger partial charge in [-0.25, -0.2) is 0 Å². The molecule has 0 saturated carbocycles. The van der Waals surface area contributed by atoms with Gasteiger partial charge < -0.3 is 20.3 Å². The fourth-order valence-corrected chi connectivity index (χ4v) is 3.05. The van der Waals surface area contributed by atoms with Crippen LogP contribution in [0.5, 0.6) is 5.75 Å². The van der Waals surface area contributed by atoms with Crippen molar-refractivity contribution in [3.8, 4) is 5.75 Å². The van der Waals surface area contributed by atoms with Crippen molar-refractivity contribution < 1.29 is 9.53 Å². The molecule has 2 rings (SSSR count). The number of ether oxygens (including phenoxy) is 1. The summed E-state index contributed by atoms with van der Waals surface area (Å²) < 4.78 is 5.18. The van der Waals surface area contributed by atoms with Crippen LogP contribution in [0.2, 0.25) is 0 Å². The summed E-state index contributed by atoms with van der Waals surface area (Å²) in [5.74, 6) is 0.568. The number of anilines is 2. The van der Waals surface area contributed by atoms with Crippen molar-refractivity contribution in [3.05, 3.63) is 54.1 Å². The fourth-order valence-electron chi connectivity index (χ4n) is 2.74. The Kier molecular flexibility index (Phi) is 8.75. The van der Waals surface area contributed by atoms with E-state index in [9.17, 15) is 4.79 Å². The van der Waals surface area contributed by atoms with Crippen LogP contribution in [0.3, 0.4) is 0 Å². The molecule has 0 bridgehead atoms. The number of nitrogens with zero attached hydrogens (tertiary/aromatic N) is 1. The van der Waals surface area contributed by atoms with Gasteiger partial charge in [0.05, 0.1) is 13.7 Å². The molecule has 6 heteroatoms. The van der Waals surface area contributed by atoms with Crippen molar-refractivity contribution in [2.75, 3.05) is 30.8 Å². The second-order valence-electron chi connectivity index (χ2n) is 6.52. The number of hydrogen-bond acceptors (Lipinski definition) is 3. The van der Waals surface area contributed by atoms with Crippen LogP contribution in [0, 0.1) is 0 Å². The molecule has 0 aromatic heterocycles. The standard InChI is InChI=1S/C22H29N3O2S/c1-4-6-8-17-11-13-18(14-12-17)24-22(28)25(5-2)16-21(26)23-19-9-7-10-20(15-19)27-3/h7,9-15H,4-6,8,16H2,1-3H3,(H,23,26)(H,24,28). The number of amides is 1. The highest BCUT2D eigenvalue weighted by atomic mass is 32.1. The summed E-state index contributed by atoms with van der Waals surface area (Å²) in [7, 11) is 1.60. The number of carbonyl (C=O) groups excluding carboxylic acids is 1. The predicted molar refractivity (Wildman–Crippen MR) is 120 cm³/mol. The first-order valence-electron chi connectivity index (χ1n) is 9.64. The molecule has 28 heavy (non-hydrogen) atoms. The van der Waals surface area contributed by atoms with E-state index in [1.54, 1.807) is 13.2 Å². The Hall–Kier alpha value is -2.60. The minimum atomic E-state index is -0.130. The largest absolute Gasteiger partial charge is 0.497 e. The zero-order chi connectivity index (χ0) is 20.4. The molecule has 0 aliphatic carbocycles. The maximum atomic E-state index is 12.4. The predicted octanol–water partition coefficient (Wildman–Crippen LogP) is 4.70. The quantitative estimate of drug-likeness (QED) is 0.599. The van der Waals surface area contributed by atoms with Gasteiger partial charge in [0.2, 0.25) is 5.91 Å². The van der Waals surface area contributed by atoms with Gasteiger partial charge in [-0.15, -0.1) is 0 Å². The molecule has 0 aliphatic rings. The van der Waals surface area contributed by atoms with Gasteiger partial charge in [0.25, 0.3) is 0 Å². The molecule has 0 unspecified atom stereocenters. The van der Waals surface area contributed by atoms with Gasteiger partial charge in [-0.3, -0.25) is 4.79 Å². The van der Waals surface area contributed by atoms with Gasteiger partial charge in [0.1, 0.15) is 5.75 Å². The summed E-state index contributed by atoms with van der Waals surface area (Å²) in [5, 5.41) is 6.63. The van der Waals surface area contributed by atoms with E-state index in [0.717, 1.165) is 12.1 Å². The van der Waals surface area contributed by atoms with Gasteiger partial charge in [-0.05, 0) is 61.8 Å². The Morgan fingerprint density at radius 1 is 1.07 bits per heavy atom. The first-order chi connectivity index (χ1) is 13.5. The summed E-state index contributed by atoms with van der Waals surface area (Å²) in [5.41, 5.74) is 2.95. The normalized spacial score (nSPS) is 10.2. The second kappa shape index (κ2) is 11.3. The number of benzene rings is 2. The lowest BCUT2D eigenvalue weighted by atomic mass is 10.1. The third-order valence-electron chi connectivity index (χ3n) is 4.38. The van der Waals surface area contributed by atoms with E-state index in [1.807, 2.05) is 42.2 Å². The SMILES string of the molecule is CCCCc1ccc(NC(=S)N(CC)CC(=O)Nc2cccc(OC)c2)cc1. The van der Waals surface area contributed by atoms with Crippen LogP contribution < -0.4 is 15.4 Å². The molecule has 0 saturated heterocycles. The number of likely N-dealkylation sites (N-methyl/N-ethyl adjacent to an activating group) is 1. The van der Waals surface area contributed by atoms with Gasteiger partial charge >= 0.3 is 0 Å². The minimum absolute atomic E-state index is 0.130. The van der Waals surface area contributed by atoms with Gasteiger partial charge in [-0.1, -0.05) is 31.5 Å². The molecule has 2 N–H and O–H groups in total. The van der Waals surface area contributed by atoms with Crippen LogP contribution in [0.4, 0.5) is 11.4 Å². The molecular weight excluding hydrogens is 370 g/mol. The van der Waals surface area contributed by atoms with E-state index in [1.165, 1.54) is 18.4 Å². The number of carbonyl (C=O) groups is 1. The average molecular weight is 400 g/mol. The number of hydrogen-bond donors (Lipinski definition) is 2. The first-order valence-corrected chi connectivity index (χ1v) is 10.0. The van der Waals surface area contributed by atoms with Crippen molar-refractivity contribution in [2.45, 2.75) is 33.1 Å². The summed E-state index contributed by atoms with van der Waals surface area (Å²) in [6.45, 7) is 4.97. The Morgan fingerprint density at radius 2 is 1.82 bits per heavy atom. The molecule has 2 aromatic carbocycles. The summed E-state index contributed by atoms with van der Waals surface area (Å²) in [6, 6.07) is 15.6. The van der Waals surface area contributed by atoms with E-state index >= 15 is 0 Å². The molecule has 0 atom stereocenters. The number of aryl methyl sites for hydroxylation is 1. The number of thiocarbonyl (C=S) groups is 1. The van der Waals surface area contributed by atoms with Crippen molar-refractivity contribution in [1.29, 1.82) is 0 Å². The molecular formula is C22H29N3O2S. The van der Waals surface area contributed by atoms with Crippen molar-refractivity contribution in [1.82, 2.24) is 4.90 Å². The highest BCUT2D eigenvalue weighted by molar-refractivity contribution is 7.80. The highest BCUT2D eigenvalue weighted by Gasteiger charge is 2.13. The summed E-state index contributed by atoms with van der Waals surface area (Å²) in [4.78, 5) is 14.2. The fraction of sp³-hybridized carbons (Fsp3) is 0.364. The average Bonchev–Trinajstić information content (AvgIpc) is 2.71. The van der Waals surface area contributed by atoms with Crippen LogP contribution in [0.15, 0.2) is 48.5 Å². The van der Waals surface area contributed by atoms with Gasteiger partial charge in [0.15, 0.2) is 5.11 Å². The molecule has 0 heterocycles. The van der Waals surface area contributed by atoms with Crippen molar-refractivity contribution >= 4 is 34.6 Å². The third-order valence-corrected chi connectivity index (χ3v) is 4.74. The molecule has 5 nitrogen and oxygen atoms in total. The number of methoxy groups -OCH3 is 1. The van der Waals surface area contributed by atoms with E-state index in [4.69, 9.17) is 17.0 Å². The topological polar surface area (TPSA) is 53.6 Å². The van der Waals surface area contributed by atoms with Crippen molar-refractivity contribution in [2.24, 2.45) is 0 Å². The van der Waals surface area contributed by atoms with Gasteiger partial charge in [-0.2, -0.15) is 0 Å². The smallest absolute Gasteiger partial charge is 0.243 e. The first kappa shape index (κ1) is 21.7. The minimum Gasteiger partial charge on any atom is -0.497 e. The van der Waals surface area contributed by atoms with Crippen LogP contribution >= 0.6 is 12.2 Å². The summed E-state index contributed by atoms with van der Waals surface area (Å²) in [6.07, 6.45) is 3.47. The zero-order valence-corrected chi connectivity index (χ0v) is 17.6. The lowest BCUT2D eigenvalue weighted by Crippen LogP contribution is -2.40. The number of unbranched alkanes of at least 4 members (excludes halogenated alkanes) is 1. The second-order valence-corrected chi connectivity index (χ2v) is 6.91. The molecule has 0 aliphatic heterocycles. The molecule has 0 radical (unpaired) electrons. The van der Waals surface area contributed by atoms with E-state index < -0.39 is 0 Å². The molecule has 0 spiro atoms. The highest BCUT2D eigenvalue weighted by Crippen LogP contribution is 2.17. The Morgan fingerprint density at radius 3 is 2.46 bits per heavy atom. The van der Waals surface area contributed by atoms with Crippen LogP contribution in [0.25, 0.3) is 0 Å². The Bertz CT molecular complexity index is 778. The molecule has 2 aromatic rings. The maximum Gasteiger partial charge on any atom is 0.243 e. The van der Waals surface area contributed by atoms with Crippen molar-refractivity contribution in [3.63, 3.8) is 0 Å². The van der Waals surface area contributed by atoms with E-state index in [0.29, 0.717) is 23.1 Å². The van der Waals surface area contributed by atoms with E-state index in [-0.39, 0.29) is 12.5 Å². The van der Waals surface area contributed by atoms with Crippen LogP contribution in [0.1, 0.15) is 32.3 Å². The number of nitrogens with one attached hydrogen (secondary N) is 2. The molecule has 0 fully saturated rings. The van der Waals surface area contributed by atoms with E-state index in [2.05, 4.69) is 29.7 Å². The summed E-state index contributed by atoms with van der Waals surface area (Å²) >= 11 is 5.50. The third kappa shape index (κ3) is 6.85. The molecule has 150 valence electrons. The lowest BCUT2D eigenvalue weighted by Gasteiger charge is -2.24. The Labute approximate surface area is 173 Å². The molecule has 1 amide bonds. The zero-order valence-electron chi connectivity index (χ0n) is 16.8. The van der Waals surface area contributed by atoms with Crippen LogP contribution in [-0.4, -0.2) is 36.1 Å². The lowest BCUT2D eigenvalue weighted by molar-refractivity contribution is -0.116. The van der Waals surface area contributed by atoms with Gasteiger partial charge in [0, 0.05) is 24.0 Å². The van der Waals surface area contributed by atoms with Crippen LogP contribution in [-0.2, 0) is 11.2 Å². The monoisotopic (exact) mass is 399 g/mol. The number of rotatable bonds is 9. The maximum absolute atomic E-state index is 12.4.